The van der Waals surface area contributed by atoms with Gasteiger partial charge >= 0.3 is 17.6 Å². The van der Waals surface area contributed by atoms with Gasteiger partial charge in [-0.25, -0.2) is 9.97 Å². The second-order valence-electron chi connectivity index (χ2n) is 14.0. The minimum absolute atomic E-state index is 0.00951. The topological polar surface area (TPSA) is 81.2 Å². The second-order valence-corrected chi connectivity index (χ2v) is 29.0. The van der Waals surface area contributed by atoms with E-state index in [0.717, 1.165) is 41.6 Å². The highest BCUT2D eigenvalue weighted by Crippen LogP contribution is 2.65. The largest absolute Gasteiger partial charge is 0.520 e. The van der Waals surface area contributed by atoms with Gasteiger partial charge in [-0.3, -0.25) is 0 Å². The molecule has 4 atom stereocenters. The Hall–Kier alpha value is -0.876. The quantitative estimate of drug-likeness (QED) is 0.0426. The number of hydrogen-bond donors (Lipinski definition) is 0. The van der Waals surface area contributed by atoms with Crippen molar-refractivity contribution >= 4 is 112 Å². The lowest BCUT2D eigenvalue weighted by Gasteiger charge is -2.49. The summed E-state index contributed by atoms with van der Waals surface area (Å²) in [4.78, 5) is 13.1. The molecule has 0 N–H and O–H groups in total. The lowest BCUT2D eigenvalue weighted by molar-refractivity contribution is 0.0436. The molecule has 4 aromatic rings. The molecule has 0 saturated heterocycles. The molecule has 17 heteroatoms. The smallest absolute Gasteiger partial charge is 0.373 e. The van der Waals surface area contributed by atoms with Gasteiger partial charge in [0.05, 0.1) is 20.4 Å². The maximum atomic E-state index is 6.86. The molecule has 2 aliphatic rings. The van der Waals surface area contributed by atoms with Crippen molar-refractivity contribution in [2.45, 2.75) is 79.3 Å². The predicted octanol–water partition coefficient (Wildman–Crippen LogP) is 13.5. The second kappa shape index (κ2) is 21.2. The molecule has 0 bridgehead atoms. The summed E-state index contributed by atoms with van der Waals surface area (Å²) < 4.78 is 43.5. The molecule has 0 spiro atoms. The van der Waals surface area contributed by atoms with Gasteiger partial charge in [-0.15, -0.1) is 22.7 Å². The molecule has 59 heavy (non-hydrogen) atoms. The number of benzene rings is 2. The minimum Gasteiger partial charge on any atom is -0.373 e. The van der Waals surface area contributed by atoms with Crippen molar-refractivity contribution in [3.05, 3.63) is 104 Å². The van der Waals surface area contributed by atoms with Crippen LogP contribution in [0.3, 0.4) is 0 Å². The van der Waals surface area contributed by atoms with Crippen LogP contribution >= 0.6 is 73.7 Å². The number of allylic oxidation sites excluding steroid dienone is 8. The van der Waals surface area contributed by atoms with E-state index >= 15 is 0 Å². The lowest BCUT2D eigenvalue weighted by Crippen LogP contribution is -2.66. The Labute approximate surface area is 379 Å². The van der Waals surface area contributed by atoms with Crippen LogP contribution in [0.1, 0.15) is 79.3 Å². The number of nitrogens with zero attached hydrogens (tertiary/aromatic N) is 2. The zero-order valence-corrected chi connectivity index (χ0v) is 43.2. The highest BCUT2D eigenvalue weighted by Gasteiger charge is 2.70. The first-order chi connectivity index (χ1) is 28.6. The van der Waals surface area contributed by atoms with E-state index in [2.05, 4.69) is 88.4 Å². The number of aromatic nitrogens is 2. The first kappa shape index (κ1) is 47.6. The van der Waals surface area contributed by atoms with Gasteiger partial charge in [0.15, 0.2) is 0 Å². The Balaban J connectivity index is 1.39. The van der Waals surface area contributed by atoms with Crippen molar-refractivity contribution in [1.29, 1.82) is 0 Å². The summed E-state index contributed by atoms with van der Waals surface area (Å²) in [6, 6.07) is 16.7. The molecule has 0 amide bonds. The van der Waals surface area contributed by atoms with E-state index in [1.54, 1.807) is 73.7 Å². The summed E-state index contributed by atoms with van der Waals surface area (Å²) in [5.41, 5.74) is 4.27. The molecule has 6 rings (SSSR count). The zero-order valence-electron chi connectivity index (χ0n) is 35.5. The molecule has 320 valence electrons. The summed E-state index contributed by atoms with van der Waals surface area (Å²) in [5, 5.41) is 0.437. The Bertz CT molecular complexity index is 1930. The van der Waals surface area contributed by atoms with Gasteiger partial charge in [0.2, 0.25) is 0 Å². The third-order valence-corrected chi connectivity index (χ3v) is 30.3. The molecular weight excluding hydrogens is 909 g/mol. The normalized spacial score (nSPS) is 22.7. The molecule has 0 aliphatic heterocycles. The maximum absolute atomic E-state index is 6.86. The van der Waals surface area contributed by atoms with E-state index in [0.29, 0.717) is 39.6 Å². The van der Waals surface area contributed by atoms with Crippen LogP contribution in [0.4, 0.5) is 0 Å². The average molecular weight is 966 g/mol. The van der Waals surface area contributed by atoms with E-state index in [1.165, 1.54) is 9.81 Å². The van der Waals surface area contributed by atoms with Crippen molar-refractivity contribution in [2.75, 3.05) is 39.6 Å². The average Bonchev–Trinajstić information content (AvgIpc) is 3.86. The van der Waals surface area contributed by atoms with Crippen LogP contribution in [0.25, 0.3) is 20.4 Å². The van der Waals surface area contributed by atoms with Crippen LogP contribution in [0.5, 0.6) is 0 Å². The fourth-order valence-electron chi connectivity index (χ4n) is 8.26. The third-order valence-electron chi connectivity index (χ3n) is 10.6. The summed E-state index contributed by atoms with van der Waals surface area (Å²) >= 11 is 3.44. The van der Waals surface area contributed by atoms with Gasteiger partial charge in [0, 0.05) is 49.5 Å². The molecule has 2 aromatic heterocycles. The molecule has 2 aromatic carbocycles. The highest BCUT2D eigenvalue weighted by molar-refractivity contribution is 9.36. The SMILES string of the molecule is CCO[Si](OCC)(OCC)C1(c2nc3ccccc3s2)C(SSSSSC2=C(C)C=CC(C)C2(c2nc3ccccc3s2)[Si](OCC)(OCC)OCC)=C(C)C=CC1C. The molecular formula is C42H56N2O6S7Si2. The standard InChI is InChI=1S/C42H56N2O6S7Si2/c1-11-45-58(46-12-2,47-13-3)41(39-43-33-21-17-19-23-35(33)51-39)31(9)27-25-29(7)37(41)53-55-57-56-54-38-30(8)26-28-32(10)42(38,59(48-14-4,49-15-5)50-16-6)40-44-34-22-18-20-24-36(34)52-40/h17-28,31-32H,11-16H2,1-10H3. The van der Waals surface area contributed by atoms with Gasteiger partial charge in [-0.05, 0) is 154 Å². The molecule has 0 saturated carbocycles. The maximum Gasteiger partial charge on any atom is 0.520 e. The van der Waals surface area contributed by atoms with E-state index in [9.17, 15) is 0 Å². The lowest BCUT2D eigenvalue weighted by atomic mass is 9.86. The number of rotatable bonds is 22. The number of fused-ring (bicyclic) bond motifs is 2. The third kappa shape index (κ3) is 8.72. The van der Waals surface area contributed by atoms with E-state index in [4.69, 9.17) is 36.5 Å². The molecule has 4 unspecified atom stereocenters. The zero-order chi connectivity index (χ0) is 42.3. The van der Waals surface area contributed by atoms with Gasteiger partial charge in [-0.2, -0.15) is 0 Å². The number of hydrogen-bond acceptors (Lipinski definition) is 15. The molecule has 8 nitrogen and oxygen atoms in total. The van der Waals surface area contributed by atoms with Crippen LogP contribution in [-0.4, -0.2) is 67.2 Å². The van der Waals surface area contributed by atoms with Crippen LogP contribution in [0.15, 0.2) is 93.8 Å². The van der Waals surface area contributed by atoms with Crippen molar-refractivity contribution < 1.29 is 26.6 Å². The Kier molecular flexibility index (Phi) is 17.1. The van der Waals surface area contributed by atoms with Crippen molar-refractivity contribution in [2.24, 2.45) is 11.8 Å². The van der Waals surface area contributed by atoms with Gasteiger partial charge in [0.1, 0.15) is 20.1 Å². The monoisotopic (exact) mass is 964 g/mol. The number of thiazole rings is 2. The van der Waals surface area contributed by atoms with Crippen LogP contribution in [0.2, 0.25) is 0 Å². The van der Waals surface area contributed by atoms with E-state index in [-0.39, 0.29) is 11.8 Å². The Morgan fingerprint density at radius 3 is 1.20 bits per heavy atom. The van der Waals surface area contributed by atoms with Gasteiger partial charge < -0.3 is 26.6 Å². The summed E-state index contributed by atoms with van der Waals surface area (Å²) in [7, 11) is 1.75. The summed E-state index contributed by atoms with van der Waals surface area (Å²) in [5.74, 6) is -0.0190. The molecule has 2 heterocycles. The highest BCUT2D eigenvalue weighted by atomic mass is 33.8. The summed E-state index contributed by atoms with van der Waals surface area (Å²) in [6.45, 7) is 23.9. The van der Waals surface area contributed by atoms with E-state index < -0.39 is 27.7 Å². The molecule has 0 radical (unpaired) electrons. The first-order valence-electron chi connectivity index (χ1n) is 20.3. The molecule has 2 aliphatic carbocycles. The van der Waals surface area contributed by atoms with Gasteiger partial charge in [0.25, 0.3) is 0 Å². The Morgan fingerprint density at radius 1 is 0.542 bits per heavy atom. The summed E-state index contributed by atoms with van der Waals surface area (Å²) in [6.07, 6.45) is 9.05. The Morgan fingerprint density at radius 2 is 0.881 bits per heavy atom. The van der Waals surface area contributed by atoms with Crippen molar-refractivity contribution in [3.63, 3.8) is 0 Å². The number of para-hydroxylation sites is 2. The van der Waals surface area contributed by atoms with Crippen LogP contribution < -0.4 is 0 Å². The van der Waals surface area contributed by atoms with Gasteiger partial charge in [-0.1, -0.05) is 62.4 Å². The van der Waals surface area contributed by atoms with Crippen molar-refractivity contribution in [1.82, 2.24) is 9.97 Å². The molecule has 0 fully saturated rings. The fraction of sp³-hybridized carbons (Fsp3) is 0.476. The van der Waals surface area contributed by atoms with E-state index in [1.807, 2.05) is 53.7 Å². The van der Waals surface area contributed by atoms with Crippen LogP contribution in [0, 0.1) is 11.8 Å². The van der Waals surface area contributed by atoms with Crippen LogP contribution in [-0.2, 0) is 36.6 Å². The first-order valence-corrected chi connectivity index (χ1v) is 31.5. The fourth-order valence-corrected chi connectivity index (χ4v) is 29.9. The van der Waals surface area contributed by atoms with Crippen molar-refractivity contribution in [3.8, 4) is 0 Å². The predicted molar refractivity (Wildman–Crippen MR) is 264 cm³/mol. The minimum atomic E-state index is -3.52.